The highest BCUT2D eigenvalue weighted by molar-refractivity contribution is 5.67. The van der Waals surface area contributed by atoms with Gasteiger partial charge in [0.05, 0.1) is 6.10 Å². The van der Waals surface area contributed by atoms with Crippen molar-refractivity contribution in [2.75, 3.05) is 18.5 Å². The highest BCUT2D eigenvalue weighted by atomic mass is 16.6. The molecule has 3 N–H and O–H groups in total. The maximum Gasteiger partial charge on any atom is 0.407 e. The van der Waals surface area contributed by atoms with Crippen LogP contribution >= 0.6 is 0 Å². The predicted molar refractivity (Wildman–Crippen MR) is 93.7 cm³/mol. The Balaban J connectivity index is 1.45. The lowest BCUT2D eigenvalue weighted by Crippen LogP contribution is -2.33. The summed E-state index contributed by atoms with van der Waals surface area (Å²) in [7, 11) is 0. The zero-order valence-corrected chi connectivity index (χ0v) is 14.6. The van der Waals surface area contributed by atoms with E-state index in [4.69, 9.17) is 9.47 Å². The molecule has 2 fully saturated rings. The third-order valence-electron chi connectivity index (χ3n) is 5.62. The van der Waals surface area contributed by atoms with Gasteiger partial charge in [0.25, 0.3) is 0 Å². The second-order valence-corrected chi connectivity index (χ2v) is 7.53. The Morgan fingerprint density at radius 2 is 2.04 bits per heavy atom. The molecule has 0 aromatic carbocycles. The maximum absolute atomic E-state index is 11.9. The van der Waals surface area contributed by atoms with Gasteiger partial charge in [-0.1, -0.05) is 0 Å². The summed E-state index contributed by atoms with van der Waals surface area (Å²) >= 11 is 0. The lowest BCUT2D eigenvalue weighted by atomic mass is 9.93. The number of alkyl carbamates (subject to hydrolysis) is 1. The number of aromatic nitrogens is 2. The number of hydrogen-bond acceptors (Lipinski definition) is 5. The number of nitrogens with one attached hydrogen (secondary N) is 3. The fraction of sp³-hybridized carbons (Fsp3) is 0.778. The Morgan fingerprint density at radius 3 is 3.00 bits per heavy atom. The summed E-state index contributed by atoms with van der Waals surface area (Å²) in [6.07, 6.45) is 8.08. The van der Waals surface area contributed by atoms with E-state index >= 15 is 0 Å². The first-order valence-corrected chi connectivity index (χ1v) is 9.64. The van der Waals surface area contributed by atoms with Crippen LogP contribution in [0.2, 0.25) is 0 Å². The zero-order valence-electron chi connectivity index (χ0n) is 14.6. The average Bonchev–Trinajstić information content (AvgIpc) is 3.23. The van der Waals surface area contributed by atoms with E-state index in [9.17, 15) is 4.79 Å². The molecule has 2 heterocycles. The second-order valence-electron chi connectivity index (χ2n) is 7.53. The summed E-state index contributed by atoms with van der Waals surface area (Å²) in [6.45, 7) is 1.28. The molecule has 7 nitrogen and oxygen atoms in total. The largest absolute Gasteiger partial charge is 0.446 e. The molecular weight excluding hydrogens is 320 g/mol. The van der Waals surface area contributed by atoms with E-state index in [0.717, 1.165) is 56.5 Å². The summed E-state index contributed by atoms with van der Waals surface area (Å²) in [5, 5.41) is 14.0. The molecule has 6 bridgehead atoms. The van der Waals surface area contributed by atoms with Crippen molar-refractivity contribution in [1.82, 2.24) is 15.5 Å². The van der Waals surface area contributed by atoms with Crippen molar-refractivity contribution >= 4 is 11.9 Å². The normalized spacial score (nSPS) is 33.7. The molecule has 4 atom stereocenters. The van der Waals surface area contributed by atoms with Crippen molar-refractivity contribution in [3.63, 3.8) is 0 Å². The molecular formula is C18H28N4O3. The van der Waals surface area contributed by atoms with Crippen molar-refractivity contribution in [1.29, 1.82) is 0 Å². The van der Waals surface area contributed by atoms with Crippen LogP contribution in [-0.2, 0) is 9.47 Å². The number of H-pyrrole nitrogens is 1. The van der Waals surface area contributed by atoms with Crippen LogP contribution in [0.25, 0.3) is 0 Å². The quantitative estimate of drug-likeness (QED) is 0.671. The Kier molecular flexibility index (Phi) is 5.10. The molecule has 1 aromatic rings. The standard InChI is InChI=1S/C18H28N4O3/c23-18-19-7-2-8-24-14-4-1-3-13(10-14)20-17-11-16(21-22-17)12-5-6-15(9-12)25-18/h11-15H,1-10H2,(H,19,23)(H2,20,21,22)/t12-,13?,14?,15+/m0/s1. The molecule has 2 saturated carbocycles. The van der Waals surface area contributed by atoms with Gasteiger partial charge < -0.3 is 20.1 Å². The molecule has 1 aliphatic heterocycles. The van der Waals surface area contributed by atoms with Crippen LogP contribution < -0.4 is 10.6 Å². The molecule has 0 spiro atoms. The van der Waals surface area contributed by atoms with Crippen LogP contribution in [0.4, 0.5) is 10.6 Å². The topological polar surface area (TPSA) is 88.3 Å². The number of carbonyl (C=O) groups is 1. The van der Waals surface area contributed by atoms with Gasteiger partial charge in [0.1, 0.15) is 11.9 Å². The van der Waals surface area contributed by atoms with Gasteiger partial charge in [-0.15, -0.1) is 0 Å². The Labute approximate surface area is 148 Å². The number of carbonyl (C=O) groups excluding carboxylic acids is 1. The second kappa shape index (κ2) is 7.64. The summed E-state index contributed by atoms with van der Waals surface area (Å²) < 4.78 is 11.5. The number of ether oxygens (including phenoxy) is 2. The fourth-order valence-corrected chi connectivity index (χ4v) is 4.29. The van der Waals surface area contributed by atoms with Crippen LogP contribution in [0.1, 0.15) is 63.0 Å². The minimum absolute atomic E-state index is 0.00384. The Hall–Kier alpha value is -1.76. The highest BCUT2D eigenvalue weighted by Gasteiger charge is 2.30. The smallest absolute Gasteiger partial charge is 0.407 e. The van der Waals surface area contributed by atoms with Crippen LogP contribution in [-0.4, -0.2) is 47.7 Å². The van der Waals surface area contributed by atoms with E-state index in [1.807, 2.05) is 0 Å². The van der Waals surface area contributed by atoms with Crippen LogP contribution in [0, 0.1) is 0 Å². The number of rotatable bonds is 0. The molecule has 25 heavy (non-hydrogen) atoms. The van der Waals surface area contributed by atoms with Crippen molar-refractivity contribution in [2.24, 2.45) is 0 Å². The van der Waals surface area contributed by atoms with E-state index in [-0.39, 0.29) is 12.2 Å². The van der Waals surface area contributed by atoms with E-state index in [1.165, 1.54) is 6.42 Å². The molecule has 4 rings (SSSR count). The molecule has 2 aliphatic carbocycles. The number of amides is 1. The summed E-state index contributed by atoms with van der Waals surface area (Å²) in [5.41, 5.74) is 1.14. The van der Waals surface area contributed by atoms with Gasteiger partial charge in [-0.25, -0.2) is 4.79 Å². The van der Waals surface area contributed by atoms with Gasteiger partial charge in [0.2, 0.25) is 0 Å². The number of nitrogens with zero attached hydrogens (tertiary/aromatic N) is 1. The molecule has 0 saturated heterocycles. The van der Waals surface area contributed by atoms with Crippen LogP contribution in [0.15, 0.2) is 6.07 Å². The van der Waals surface area contributed by atoms with Crippen molar-refractivity contribution in [3.05, 3.63) is 11.8 Å². The third-order valence-corrected chi connectivity index (χ3v) is 5.62. The first kappa shape index (κ1) is 16.7. The lowest BCUT2D eigenvalue weighted by molar-refractivity contribution is 0.0240. The number of hydrogen-bond donors (Lipinski definition) is 3. The van der Waals surface area contributed by atoms with Gasteiger partial charge >= 0.3 is 6.09 Å². The Morgan fingerprint density at radius 1 is 1.08 bits per heavy atom. The molecule has 2 unspecified atom stereocenters. The zero-order chi connectivity index (χ0) is 17.1. The molecule has 0 radical (unpaired) electrons. The monoisotopic (exact) mass is 348 g/mol. The summed E-state index contributed by atoms with van der Waals surface area (Å²) in [5.74, 6) is 1.31. The Bertz CT molecular complexity index is 591. The van der Waals surface area contributed by atoms with Crippen molar-refractivity contribution in [3.8, 4) is 0 Å². The third kappa shape index (κ3) is 4.26. The van der Waals surface area contributed by atoms with E-state index < -0.39 is 0 Å². The first-order valence-electron chi connectivity index (χ1n) is 9.64. The highest BCUT2D eigenvalue weighted by Crippen LogP contribution is 2.36. The molecule has 3 aliphatic rings. The van der Waals surface area contributed by atoms with Gasteiger partial charge in [-0.2, -0.15) is 5.10 Å². The van der Waals surface area contributed by atoms with E-state index in [2.05, 4.69) is 26.9 Å². The predicted octanol–water partition coefficient (Wildman–Crippen LogP) is 2.92. The minimum atomic E-state index is -0.306. The molecule has 1 amide bonds. The molecule has 138 valence electrons. The van der Waals surface area contributed by atoms with Crippen LogP contribution in [0.3, 0.4) is 0 Å². The number of fused-ring (bicyclic) bond motifs is 7. The van der Waals surface area contributed by atoms with Gasteiger partial charge in [0.15, 0.2) is 0 Å². The maximum atomic E-state index is 11.9. The van der Waals surface area contributed by atoms with Gasteiger partial charge in [-0.3, -0.25) is 5.10 Å². The van der Waals surface area contributed by atoms with Gasteiger partial charge in [0, 0.05) is 36.9 Å². The summed E-state index contributed by atoms with van der Waals surface area (Å²) in [6, 6.07) is 2.54. The summed E-state index contributed by atoms with van der Waals surface area (Å²) in [4.78, 5) is 11.9. The molecule has 7 heteroatoms. The van der Waals surface area contributed by atoms with Crippen molar-refractivity contribution in [2.45, 2.75) is 75.5 Å². The average molecular weight is 348 g/mol. The number of aromatic amines is 1. The molecule has 1 aromatic heterocycles. The SMILES string of the molecule is O=C1NCCCOC2CCCC(C2)Nc2cc([nH]n2)[C@H]2CC[C@H](C2)O1. The first-order chi connectivity index (χ1) is 12.3. The van der Waals surface area contributed by atoms with E-state index in [0.29, 0.717) is 31.2 Å². The van der Waals surface area contributed by atoms with E-state index in [1.54, 1.807) is 0 Å². The van der Waals surface area contributed by atoms with Crippen LogP contribution in [0.5, 0.6) is 0 Å². The minimum Gasteiger partial charge on any atom is -0.446 e. The fourth-order valence-electron chi connectivity index (χ4n) is 4.29. The number of anilines is 1. The lowest BCUT2D eigenvalue weighted by Gasteiger charge is -2.29. The van der Waals surface area contributed by atoms with Crippen molar-refractivity contribution < 1.29 is 14.3 Å². The van der Waals surface area contributed by atoms with Gasteiger partial charge in [-0.05, 0) is 51.4 Å².